The normalized spacial score (nSPS) is 43.3. The highest BCUT2D eigenvalue weighted by Gasteiger charge is 2.57. The summed E-state index contributed by atoms with van der Waals surface area (Å²) < 4.78 is 5.27. The molecule has 1 aliphatic heterocycles. The molecular weight excluding hydrogens is 220 g/mol. The van der Waals surface area contributed by atoms with E-state index in [1.807, 2.05) is 0 Å². The second-order valence-electron chi connectivity index (χ2n) is 5.76. The molecule has 0 bridgehead atoms. The summed E-state index contributed by atoms with van der Waals surface area (Å²) in [4.78, 5) is 11.6. The van der Waals surface area contributed by atoms with Gasteiger partial charge in [-0.25, -0.2) is 0 Å². The Morgan fingerprint density at radius 2 is 2.06 bits per heavy atom. The number of hydrogen-bond donors (Lipinski definition) is 2. The SMILES string of the molecule is CC1CCCC(O)(C2(C(=O)O)CCOC2)CC1. The number of aliphatic hydroxyl groups is 1. The van der Waals surface area contributed by atoms with Crippen molar-refractivity contribution in [3.8, 4) is 0 Å². The molecule has 0 radical (unpaired) electrons. The molecule has 2 N–H and O–H groups in total. The van der Waals surface area contributed by atoms with Crippen LogP contribution < -0.4 is 0 Å². The predicted octanol–water partition coefficient (Wildman–Crippen LogP) is 1.81. The summed E-state index contributed by atoms with van der Waals surface area (Å²) in [6.45, 7) is 2.78. The first-order chi connectivity index (χ1) is 8.00. The summed E-state index contributed by atoms with van der Waals surface area (Å²) in [6.07, 6.45) is 4.52. The third-order valence-electron chi connectivity index (χ3n) is 4.66. The zero-order valence-corrected chi connectivity index (χ0v) is 10.4. The fourth-order valence-electron chi connectivity index (χ4n) is 3.28. The van der Waals surface area contributed by atoms with Crippen molar-refractivity contribution in [3.63, 3.8) is 0 Å². The summed E-state index contributed by atoms with van der Waals surface area (Å²) >= 11 is 0. The molecule has 0 aromatic rings. The molecule has 2 rings (SSSR count). The van der Waals surface area contributed by atoms with Crippen LogP contribution in [0.5, 0.6) is 0 Å². The summed E-state index contributed by atoms with van der Waals surface area (Å²) in [5, 5.41) is 20.3. The van der Waals surface area contributed by atoms with Gasteiger partial charge in [0, 0.05) is 6.61 Å². The topological polar surface area (TPSA) is 66.8 Å². The summed E-state index contributed by atoms with van der Waals surface area (Å²) in [6, 6.07) is 0. The van der Waals surface area contributed by atoms with Gasteiger partial charge in [0.25, 0.3) is 0 Å². The van der Waals surface area contributed by atoms with Crippen molar-refractivity contribution in [2.75, 3.05) is 13.2 Å². The Morgan fingerprint density at radius 3 is 2.65 bits per heavy atom. The zero-order valence-electron chi connectivity index (χ0n) is 10.4. The van der Waals surface area contributed by atoms with Gasteiger partial charge in [-0.05, 0) is 31.6 Å². The number of carboxylic acids is 1. The lowest BCUT2D eigenvalue weighted by Gasteiger charge is -2.40. The minimum Gasteiger partial charge on any atom is -0.481 e. The van der Waals surface area contributed by atoms with Crippen molar-refractivity contribution in [2.24, 2.45) is 11.3 Å². The lowest BCUT2D eigenvalue weighted by molar-refractivity contribution is -0.172. The van der Waals surface area contributed by atoms with Crippen LogP contribution >= 0.6 is 0 Å². The fraction of sp³-hybridized carbons (Fsp3) is 0.923. The Bertz CT molecular complexity index is 296. The lowest BCUT2D eigenvalue weighted by atomic mass is 9.67. The van der Waals surface area contributed by atoms with E-state index in [0.29, 0.717) is 31.8 Å². The lowest BCUT2D eigenvalue weighted by Crippen LogP contribution is -2.53. The number of carbonyl (C=O) groups is 1. The molecule has 1 saturated carbocycles. The van der Waals surface area contributed by atoms with Gasteiger partial charge in [0.1, 0.15) is 5.41 Å². The first kappa shape index (κ1) is 12.8. The second kappa shape index (κ2) is 4.58. The Balaban J connectivity index is 2.25. The number of aliphatic carboxylic acids is 1. The van der Waals surface area contributed by atoms with Gasteiger partial charge in [0.15, 0.2) is 0 Å². The molecule has 1 heterocycles. The minimum absolute atomic E-state index is 0.160. The van der Waals surface area contributed by atoms with Crippen LogP contribution in [0.1, 0.15) is 45.4 Å². The van der Waals surface area contributed by atoms with Gasteiger partial charge in [0.2, 0.25) is 0 Å². The molecule has 0 spiro atoms. The van der Waals surface area contributed by atoms with Gasteiger partial charge in [-0.1, -0.05) is 19.8 Å². The Morgan fingerprint density at radius 1 is 1.29 bits per heavy atom. The summed E-state index contributed by atoms with van der Waals surface area (Å²) in [5.74, 6) is -0.316. The quantitative estimate of drug-likeness (QED) is 0.725. The Labute approximate surface area is 102 Å². The van der Waals surface area contributed by atoms with Crippen LogP contribution in [0.3, 0.4) is 0 Å². The third-order valence-corrected chi connectivity index (χ3v) is 4.66. The molecule has 2 aliphatic rings. The van der Waals surface area contributed by atoms with Crippen LogP contribution in [0.2, 0.25) is 0 Å². The number of ether oxygens (including phenoxy) is 1. The van der Waals surface area contributed by atoms with Crippen molar-refractivity contribution < 1.29 is 19.7 Å². The van der Waals surface area contributed by atoms with Crippen molar-refractivity contribution >= 4 is 5.97 Å². The van der Waals surface area contributed by atoms with Gasteiger partial charge in [0.05, 0.1) is 12.2 Å². The van der Waals surface area contributed by atoms with Crippen LogP contribution in [0.25, 0.3) is 0 Å². The van der Waals surface area contributed by atoms with Crippen molar-refractivity contribution in [3.05, 3.63) is 0 Å². The largest absolute Gasteiger partial charge is 0.481 e. The average molecular weight is 242 g/mol. The van der Waals surface area contributed by atoms with Crippen LogP contribution in [0.4, 0.5) is 0 Å². The molecule has 1 saturated heterocycles. The predicted molar refractivity (Wildman–Crippen MR) is 62.7 cm³/mol. The number of hydrogen-bond acceptors (Lipinski definition) is 3. The van der Waals surface area contributed by atoms with E-state index in [2.05, 4.69) is 6.92 Å². The maximum atomic E-state index is 11.6. The van der Waals surface area contributed by atoms with E-state index < -0.39 is 17.0 Å². The second-order valence-corrected chi connectivity index (χ2v) is 5.76. The highest BCUT2D eigenvalue weighted by molar-refractivity contribution is 5.77. The maximum Gasteiger partial charge on any atom is 0.315 e. The minimum atomic E-state index is -1.08. The van der Waals surface area contributed by atoms with Gasteiger partial charge in [-0.2, -0.15) is 0 Å². The van der Waals surface area contributed by atoms with E-state index >= 15 is 0 Å². The first-order valence-electron chi connectivity index (χ1n) is 6.54. The molecule has 3 unspecified atom stereocenters. The van der Waals surface area contributed by atoms with Gasteiger partial charge < -0.3 is 14.9 Å². The standard InChI is InChI=1S/C13H22O4/c1-10-3-2-5-13(16,6-4-10)12(11(14)15)7-8-17-9-12/h10,16H,2-9H2,1H3,(H,14,15). The van der Waals surface area contributed by atoms with Crippen LogP contribution in [0, 0.1) is 11.3 Å². The van der Waals surface area contributed by atoms with Crippen LogP contribution in [-0.2, 0) is 9.53 Å². The molecule has 1 aliphatic carbocycles. The van der Waals surface area contributed by atoms with Gasteiger partial charge in [-0.3, -0.25) is 4.79 Å². The van der Waals surface area contributed by atoms with E-state index in [9.17, 15) is 15.0 Å². The smallest absolute Gasteiger partial charge is 0.315 e. The van der Waals surface area contributed by atoms with E-state index in [4.69, 9.17) is 4.74 Å². The molecule has 2 fully saturated rings. The number of rotatable bonds is 2. The summed E-state index contributed by atoms with van der Waals surface area (Å²) in [7, 11) is 0. The van der Waals surface area contributed by atoms with E-state index in [1.165, 1.54) is 0 Å². The molecule has 4 heteroatoms. The van der Waals surface area contributed by atoms with Crippen LogP contribution in [-0.4, -0.2) is 35.0 Å². The maximum absolute atomic E-state index is 11.6. The molecule has 0 aromatic heterocycles. The van der Waals surface area contributed by atoms with E-state index in [1.54, 1.807) is 0 Å². The molecule has 0 aromatic carbocycles. The fourth-order valence-corrected chi connectivity index (χ4v) is 3.28. The highest BCUT2D eigenvalue weighted by Crippen LogP contribution is 2.47. The zero-order chi connectivity index (χ0) is 12.5. The Hall–Kier alpha value is -0.610. The van der Waals surface area contributed by atoms with E-state index in [-0.39, 0.29) is 6.61 Å². The van der Waals surface area contributed by atoms with E-state index in [0.717, 1.165) is 19.3 Å². The van der Waals surface area contributed by atoms with Crippen molar-refractivity contribution in [1.29, 1.82) is 0 Å². The molecule has 17 heavy (non-hydrogen) atoms. The molecule has 98 valence electrons. The molecule has 0 amide bonds. The van der Waals surface area contributed by atoms with Crippen molar-refractivity contribution in [2.45, 2.75) is 51.0 Å². The first-order valence-corrected chi connectivity index (χ1v) is 6.54. The summed E-state index contributed by atoms with van der Waals surface area (Å²) in [5.41, 5.74) is -2.16. The van der Waals surface area contributed by atoms with Gasteiger partial charge >= 0.3 is 5.97 Å². The van der Waals surface area contributed by atoms with Crippen LogP contribution in [0.15, 0.2) is 0 Å². The average Bonchev–Trinajstić information content (AvgIpc) is 2.71. The highest BCUT2D eigenvalue weighted by atomic mass is 16.5. The van der Waals surface area contributed by atoms with Crippen molar-refractivity contribution in [1.82, 2.24) is 0 Å². The number of carboxylic acid groups (broad SMARTS) is 1. The Kier molecular flexibility index (Phi) is 3.46. The van der Waals surface area contributed by atoms with Gasteiger partial charge in [-0.15, -0.1) is 0 Å². The monoisotopic (exact) mass is 242 g/mol. The third kappa shape index (κ3) is 2.08. The molecular formula is C13H22O4. The molecule has 3 atom stereocenters. The molecule has 4 nitrogen and oxygen atoms in total.